The van der Waals surface area contributed by atoms with E-state index in [1.54, 1.807) is 23.9 Å². The molecule has 2 rings (SSSR count). The number of anilines is 1. The summed E-state index contributed by atoms with van der Waals surface area (Å²) in [5.74, 6) is -0.305. The zero-order valence-corrected chi connectivity index (χ0v) is 11.5. The van der Waals surface area contributed by atoms with Crippen LogP contribution in [0.1, 0.15) is 42.5 Å². The van der Waals surface area contributed by atoms with Gasteiger partial charge in [0.1, 0.15) is 0 Å². The number of thioether (sulfide) groups is 1. The molecule has 0 bridgehead atoms. The third-order valence-corrected chi connectivity index (χ3v) is 4.78. The monoisotopic (exact) mass is 265 g/mol. The van der Waals surface area contributed by atoms with Gasteiger partial charge in [0.15, 0.2) is 0 Å². The van der Waals surface area contributed by atoms with Gasteiger partial charge in [-0.3, -0.25) is 0 Å². The molecule has 1 fully saturated rings. The molecule has 18 heavy (non-hydrogen) atoms. The number of nitrogen functional groups attached to an aromatic ring is 1. The van der Waals surface area contributed by atoms with Crippen LogP contribution in [0.4, 0.5) is 5.69 Å². The van der Waals surface area contributed by atoms with Gasteiger partial charge >= 0.3 is 5.97 Å². The van der Waals surface area contributed by atoms with Crippen molar-refractivity contribution in [2.45, 2.75) is 42.2 Å². The van der Waals surface area contributed by atoms with Gasteiger partial charge in [-0.1, -0.05) is 25.3 Å². The van der Waals surface area contributed by atoms with Crippen LogP contribution in [0.3, 0.4) is 0 Å². The normalized spacial score (nSPS) is 16.5. The van der Waals surface area contributed by atoms with Crippen molar-refractivity contribution in [3.63, 3.8) is 0 Å². The molecule has 4 heteroatoms. The zero-order valence-electron chi connectivity index (χ0n) is 10.6. The summed E-state index contributed by atoms with van der Waals surface area (Å²) in [6, 6.07) is 5.43. The Labute approximate surface area is 112 Å². The highest BCUT2D eigenvalue weighted by molar-refractivity contribution is 8.00. The van der Waals surface area contributed by atoms with E-state index in [4.69, 9.17) is 10.5 Å². The van der Waals surface area contributed by atoms with Crippen molar-refractivity contribution >= 4 is 23.4 Å². The number of nitrogens with two attached hydrogens (primary N) is 1. The minimum Gasteiger partial charge on any atom is -0.465 e. The average molecular weight is 265 g/mol. The Kier molecular flexibility index (Phi) is 4.53. The van der Waals surface area contributed by atoms with Gasteiger partial charge in [-0.25, -0.2) is 4.79 Å². The largest absolute Gasteiger partial charge is 0.465 e. The van der Waals surface area contributed by atoms with E-state index in [0.29, 0.717) is 16.5 Å². The van der Waals surface area contributed by atoms with Gasteiger partial charge < -0.3 is 10.5 Å². The second-order valence-corrected chi connectivity index (χ2v) is 5.90. The summed E-state index contributed by atoms with van der Waals surface area (Å²) in [7, 11) is 1.40. The summed E-state index contributed by atoms with van der Waals surface area (Å²) < 4.78 is 4.81. The number of methoxy groups -OCH3 is 1. The molecular formula is C14H19NO2S. The van der Waals surface area contributed by atoms with Crippen LogP contribution < -0.4 is 5.73 Å². The van der Waals surface area contributed by atoms with Crippen molar-refractivity contribution in [1.82, 2.24) is 0 Å². The number of carbonyl (C=O) groups excluding carboxylic acids is 1. The molecule has 98 valence electrons. The minimum absolute atomic E-state index is 0.305. The van der Waals surface area contributed by atoms with Crippen molar-refractivity contribution in [2.75, 3.05) is 12.8 Å². The summed E-state index contributed by atoms with van der Waals surface area (Å²) in [6.07, 6.45) is 6.29. The molecule has 3 nitrogen and oxygen atoms in total. The molecule has 0 spiro atoms. The number of benzene rings is 1. The second-order valence-electron chi connectivity index (χ2n) is 4.59. The van der Waals surface area contributed by atoms with Crippen molar-refractivity contribution in [2.24, 2.45) is 0 Å². The van der Waals surface area contributed by atoms with Crippen molar-refractivity contribution < 1.29 is 9.53 Å². The fourth-order valence-corrected chi connectivity index (χ4v) is 3.69. The van der Waals surface area contributed by atoms with Crippen LogP contribution in [0.5, 0.6) is 0 Å². The molecule has 0 aromatic heterocycles. The molecule has 0 aliphatic heterocycles. The number of carbonyl (C=O) groups is 1. The van der Waals surface area contributed by atoms with E-state index in [0.717, 1.165) is 4.90 Å². The van der Waals surface area contributed by atoms with Gasteiger partial charge in [0.2, 0.25) is 0 Å². The first kappa shape index (κ1) is 13.3. The summed E-state index contributed by atoms with van der Waals surface area (Å²) in [5, 5.41) is 0.576. The Morgan fingerprint density at radius 2 is 2.06 bits per heavy atom. The Balaban J connectivity index is 2.21. The predicted molar refractivity (Wildman–Crippen MR) is 74.9 cm³/mol. The molecule has 0 radical (unpaired) electrons. The number of hydrogen-bond donors (Lipinski definition) is 1. The van der Waals surface area contributed by atoms with Crippen LogP contribution in [0.2, 0.25) is 0 Å². The third-order valence-electron chi connectivity index (χ3n) is 3.29. The molecule has 0 amide bonds. The molecule has 1 aliphatic rings. The lowest BCUT2D eigenvalue weighted by atomic mass is 10.0. The fourth-order valence-electron chi connectivity index (χ4n) is 2.31. The molecule has 2 N–H and O–H groups in total. The van der Waals surface area contributed by atoms with E-state index >= 15 is 0 Å². The van der Waals surface area contributed by atoms with Crippen LogP contribution in [0, 0.1) is 0 Å². The van der Waals surface area contributed by atoms with Gasteiger partial charge in [-0.15, -0.1) is 11.8 Å². The quantitative estimate of drug-likeness (QED) is 0.671. The molecule has 0 saturated heterocycles. The van der Waals surface area contributed by atoms with E-state index in [2.05, 4.69) is 0 Å². The third kappa shape index (κ3) is 2.99. The Morgan fingerprint density at radius 3 is 2.72 bits per heavy atom. The van der Waals surface area contributed by atoms with Crippen molar-refractivity contribution in [3.05, 3.63) is 23.8 Å². The number of ether oxygens (including phenoxy) is 1. The van der Waals surface area contributed by atoms with Gasteiger partial charge in [0, 0.05) is 15.8 Å². The van der Waals surface area contributed by atoms with Crippen LogP contribution in [0.25, 0.3) is 0 Å². The maximum absolute atomic E-state index is 11.7. The van der Waals surface area contributed by atoms with Gasteiger partial charge in [-0.2, -0.15) is 0 Å². The van der Waals surface area contributed by atoms with Crippen molar-refractivity contribution in [1.29, 1.82) is 0 Å². The molecule has 1 aliphatic carbocycles. The lowest BCUT2D eigenvalue weighted by Gasteiger charge is -2.22. The molecule has 1 aromatic rings. The highest BCUT2D eigenvalue weighted by Crippen LogP contribution is 2.38. The second kappa shape index (κ2) is 6.14. The highest BCUT2D eigenvalue weighted by Gasteiger charge is 2.20. The number of rotatable bonds is 3. The van der Waals surface area contributed by atoms with E-state index in [-0.39, 0.29) is 5.97 Å². The molecule has 1 saturated carbocycles. The standard InChI is InChI=1S/C14H19NO2S/c1-17-14(16)11-8-5-9-12(15)13(11)18-10-6-3-2-4-7-10/h5,8-10H,2-4,6-7,15H2,1H3. The van der Waals surface area contributed by atoms with E-state index < -0.39 is 0 Å². The smallest absolute Gasteiger partial charge is 0.339 e. The first-order chi connectivity index (χ1) is 8.72. The number of hydrogen-bond acceptors (Lipinski definition) is 4. The molecule has 0 unspecified atom stereocenters. The lowest BCUT2D eigenvalue weighted by molar-refractivity contribution is 0.0597. The Bertz CT molecular complexity index is 428. The molecule has 0 atom stereocenters. The van der Waals surface area contributed by atoms with E-state index in [1.165, 1.54) is 39.2 Å². The SMILES string of the molecule is COC(=O)c1cccc(N)c1SC1CCCCC1. The first-order valence-corrected chi connectivity index (χ1v) is 7.24. The predicted octanol–water partition coefficient (Wildman–Crippen LogP) is 3.48. The summed E-state index contributed by atoms with van der Waals surface area (Å²) >= 11 is 1.74. The highest BCUT2D eigenvalue weighted by atomic mass is 32.2. The van der Waals surface area contributed by atoms with Gasteiger partial charge in [0.05, 0.1) is 12.7 Å². The summed E-state index contributed by atoms with van der Waals surface area (Å²) in [4.78, 5) is 12.6. The van der Waals surface area contributed by atoms with Crippen LogP contribution >= 0.6 is 11.8 Å². The van der Waals surface area contributed by atoms with Crippen LogP contribution in [0.15, 0.2) is 23.1 Å². The topological polar surface area (TPSA) is 52.3 Å². The summed E-state index contributed by atoms with van der Waals surface area (Å²) in [5.41, 5.74) is 7.27. The Morgan fingerprint density at radius 1 is 1.33 bits per heavy atom. The summed E-state index contributed by atoms with van der Waals surface area (Å²) in [6.45, 7) is 0. The lowest BCUT2D eigenvalue weighted by Crippen LogP contribution is -2.11. The first-order valence-electron chi connectivity index (χ1n) is 6.36. The van der Waals surface area contributed by atoms with E-state index in [9.17, 15) is 4.79 Å². The molecule has 1 aromatic carbocycles. The van der Waals surface area contributed by atoms with Gasteiger partial charge in [0.25, 0.3) is 0 Å². The van der Waals surface area contributed by atoms with E-state index in [1.807, 2.05) is 6.07 Å². The molecular weight excluding hydrogens is 246 g/mol. The van der Waals surface area contributed by atoms with Crippen molar-refractivity contribution in [3.8, 4) is 0 Å². The molecule has 0 heterocycles. The van der Waals surface area contributed by atoms with Gasteiger partial charge in [-0.05, 0) is 25.0 Å². The maximum Gasteiger partial charge on any atom is 0.339 e. The fraction of sp³-hybridized carbons (Fsp3) is 0.500. The Hall–Kier alpha value is -1.16. The van der Waals surface area contributed by atoms with Crippen LogP contribution in [-0.4, -0.2) is 18.3 Å². The maximum atomic E-state index is 11.7. The minimum atomic E-state index is -0.305. The number of esters is 1. The zero-order chi connectivity index (χ0) is 13.0. The average Bonchev–Trinajstić information content (AvgIpc) is 2.41. The van der Waals surface area contributed by atoms with Crippen LogP contribution in [-0.2, 0) is 4.74 Å².